The van der Waals surface area contributed by atoms with Crippen LogP contribution < -0.4 is 11.1 Å². The van der Waals surface area contributed by atoms with Gasteiger partial charge in [-0.3, -0.25) is 4.79 Å². The number of thioether (sulfide) groups is 1. The van der Waals surface area contributed by atoms with E-state index in [1.54, 1.807) is 11.8 Å². The van der Waals surface area contributed by atoms with E-state index in [9.17, 15) is 4.79 Å². The third-order valence-corrected chi connectivity index (χ3v) is 2.82. The summed E-state index contributed by atoms with van der Waals surface area (Å²) in [6, 6.07) is 10.2. The molecule has 76 valence electrons. The van der Waals surface area contributed by atoms with Gasteiger partial charge >= 0.3 is 0 Å². The molecule has 0 radical (unpaired) electrons. The molecule has 1 amide bonds. The van der Waals surface area contributed by atoms with Crippen LogP contribution in [0.25, 0.3) is 0 Å². The molecule has 0 aliphatic rings. The zero-order chi connectivity index (χ0) is 10.2. The van der Waals surface area contributed by atoms with Gasteiger partial charge in [-0.25, -0.2) is 0 Å². The van der Waals surface area contributed by atoms with Crippen LogP contribution in [0.15, 0.2) is 30.3 Å². The molecule has 0 bridgehead atoms. The van der Waals surface area contributed by atoms with E-state index in [2.05, 4.69) is 17.4 Å². The molecule has 0 aliphatic heterocycles. The molecule has 0 aliphatic carbocycles. The summed E-state index contributed by atoms with van der Waals surface area (Å²) in [6.45, 7) is 0. The van der Waals surface area contributed by atoms with Crippen molar-refractivity contribution >= 4 is 18.2 Å². The predicted molar refractivity (Wildman–Crippen MR) is 59.8 cm³/mol. The van der Waals surface area contributed by atoms with Gasteiger partial charge in [0.1, 0.15) is 0 Å². The first-order valence-corrected chi connectivity index (χ1v) is 5.55. The quantitative estimate of drug-likeness (QED) is 0.543. The molecule has 1 aromatic carbocycles. The lowest BCUT2D eigenvalue weighted by atomic mass is 10.2. The fourth-order valence-electron chi connectivity index (χ4n) is 1.01. The van der Waals surface area contributed by atoms with Gasteiger partial charge < -0.3 is 11.1 Å². The van der Waals surface area contributed by atoms with Crippen molar-refractivity contribution in [3.05, 3.63) is 35.9 Å². The highest BCUT2D eigenvalue weighted by Gasteiger charge is 1.99. The van der Waals surface area contributed by atoms with Gasteiger partial charge in [0.05, 0.1) is 6.17 Å². The molecule has 0 aromatic heterocycles. The molecule has 1 unspecified atom stereocenters. The number of nitrogens with one attached hydrogen (secondary N) is 1. The molecule has 0 saturated carbocycles. The number of rotatable bonds is 6. The number of hydrogen-bond donors (Lipinski definition) is 2. The number of nitrogens with two attached hydrogens (primary N) is 1. The van der Waals surface area contributed by atoms with Gasteiger partial charge in [-0.05, 0) is 5.56 Å². The maximum Gasteiger partial charge on any atom is 0.208 e. The maximum atomic E-state index is 10.0. The lowest BCUT2D eigenvalue weighted by Crippen LogP contribution is -2.38. The highest BCUT2D eigenvalue weighted by molar-refractivity contribution is 7.98. The standard InChI is InChI=1S/C10H14N2OS/c11-10(12-8-13)7-14-6-9-4-2-1-3-5-9/h1-5,8,10H,6-7,11H2,(H,12,13). The van der Waals surface area contributed by atoms with Crippen LogP contribution in [0.5, 0.6) is 0 Å². The van der Waals surface area contributed by atoms with E-state index in [1.807, 2.05) is 18.2 Å². The van der Waals surface area contributed by atoms with Crippen molar-refractivity contribution in [2.45, 2.75) is 11.9 Å². The summed E-state index contributed by atoms with van der Waals surface area (Å²) in [4.78, 5) is 10.0. The lowest BCUT2D eigenvalue weighted by Gasteiger charge is -2.09. The monoisotopic (exact) mass is 210 g/mol. The minimum atomic E-state index is -0.249. The predicted octanol–water partition coefficient (Wildman–Crippen LogP) is 0.951. The Morgan fingerprint density at radius 1 is 1.43 bits per heavy atom. The second kappa shape index (κ2) is 6.45. The Hall–Kier alpha value is -1.00. The zero-order valence-electron chi connectivity index (χ0n) is 7.85. The number of carbonyl (C=O) groups excluding carboxylic acids is 1. The van der Waals surface area contributed by atoms with E-state index in [4.69, 9.17) is 5.73 Å². The molecule has 14 heavy (non-hydrogen) atoms. The summed E-state index contributed by atoms with van der Waals surface area (Å²) in [5, 5.41) is 2.51. The minimum Gasteiger partial charge on any atom is -0.343 e. The smallest absolute Gasteiger partial charge is 0.208 e. The summed E-state index contributed by atoms with van der Waals surface area (Å²) < 4.78 is 0. The Labute approximate surface area is 88.1 Å². The molecule has 0 spiro atoms. The van der Waals surface area contributed by atoms with Gasteiger partial charge in [-0.2, -0.15) is 11.8 Å². The van der Waals surface area contributed by atoms with Crippen LogP contribution >= 0.6 is 11.8 Å². The average Bonchev–Trinajstić information content (AvgIpc) is 2.20. The fraction of sp³-hybridized carbons (Fsp3) is 0.300. The normalized spacial score (nSPS) is 12.1. The molecule has 0 fully saturated rings. The van der Waals surface area contributed by atoms with E-state index < -0.39 is 0 Å². The third kappa shape index (κ3) is 4.30. The van der Waals surface area contributed by atoms with Crippen LogP contribution in [0.1, 0.15) is 5.56 Å². The van der Waals surface area contributed by atoms with Crippen molar-refractivity contribution in [3.8, 4) is 0 Å². The summed E-state index contributed by atoms with van der Waals surface area (Å²) in [5.41, 5.74) is 6.86. The van der Waals surface area contributed by atoms with E-state index in [0.29, 0.717) is 6.41 Å². The van der Waals surface area contributed by atoms with Crippen molar-refractivity contribution in [2.24, 2.45) is 5.73 Å². The van der Waals surface area contributed by atoms with Crippen LogP contribution in [-0.2, 0) is 10.5 Å². The van der Waals surface area contributed by atoms with Gasteiger partial charge in [0, 0.05) is 11.5 Å². The molecule has 3 N–H and O–H groups in total. The summed E-state index contributed by atoms with van der Waals surface area (Å²) in [6.07, 6.45) is 0.384. The molecule has 1 rings (SSSR count). The molecule has 3 nitrogen and oxygen atoms in total. The van der Waals surface area contributed by atoms with Crippen molar-refractivity contribution in [1.82, 2.24) is 5.32 Å². The Kier molecular flexibility index (Phi) is 5.11. The second-order valence-corrected chi connectivity index (χ2v) is 3.92. The molecule has 0 saturated heterocycles. The fourth-order valence-corrected chi connectivity index (χ4v) is 1.91. The molecule has 4 heteroatoms. The molecular formula is C10H14N2OS. The molecule has 1 atom stereocenters. The molecule has 1 aromatic rings. The lowest BCUT2D eigenvalue weighted by molar-refractivity contribution is -0.110. The highest BCUT2D eigenvalue weighted by atomic mass is 32.2. The Morgan fingerprint density at radius 2 is 2.14 bits per heavy atom. The number of carbonyl (C=O) groups is 1. The van der Waals surface area contributed by atoms with E-state index in [1.165, 1.54) is 5.56 Å². The second-order valence-electron chi connectivity index (χ2n) is 2.89. The van der Waals surface area contributed by atoms with Crippen molar-refractivity contribution < 1.29 is 4.79 Å². The van der Waals surface area contributed by atoms with E-state index >= 15 is 0 Å². The SMILES string of the molecule is NC(CSCc1ccccc1)NC=O. The van der Waals surface area contributed by atoms with Crippen molar-refractivity contribution in [3.63, 3.8) is 0 Å². The van der Waals surface area contributed by atoms with Crippen molar-refractivity contribution in [2.75, 3.05) is 5.75 Å². The van der Waals surface area contributed by atoms with Crippen LogP contribution in [0, 0.1) is 0 Å². The van der Waals surface area contributed by atoms with Gasteiger partial charge in [0.15, 0.2) is 0 Å². The van der Waals surface area contributed by atoms with Gasteiger partial charge in [0.25, 0.3) is 0 Å². The third-order valence-electron chi connectivity index (χ3n) is 1.69. The Bertz CT molecular complexity index is 266. The van der Waals surface area contributed by atoms with E-state index in [0.717, 1.165) is 11.5 Å². The largest absolute Gasteiger partial charge is 0.343 e. The Morgan fingerprint density at radius 3 is 2.79 bits per heavy atom. The van der Waals surface area contributed by atoms with Crippen LogP contribution in [-0.4, -0.2) is 18.3 Å². The summed E-state index contributed by atoms with van der Waals surface area (Å²) in [5.74, 6) is 1.66. The number of hydrogen-bond acceptors (Lipinski definition) is 3. The minimum absolute atomic E-state index is 0.249. The first kappa shape index (κ1) is 11.1. The molecule has 0 heterocycles. The topological polar surface area (TPSA) is 55.1 Å². The van der Waals surface area contributed by atoms with Crippen LogP contribution in [0.3, 0.4) is 0 Å². The summed E-state index contributed by atoms with van der Waals surface area (Å²) in [7, 11) is 0. The first-order chi connectivity index (χ1) is 6.83. The maximum absolute atomic E-state index is 10.0. The average molecular weight is 210 g/mol. The number of benzene rings is 1. The van der Waals surface area contributed by atoms with Crippen LogP contribution in [0.2, 0.25) is 0 Å². The first-order valence-electron chi connectivity index (χ1n) is 4.40. The van der Waals surface area contributed by atoms with Crippen molar-refractivity contribution in [1.29, 1.82) is 0 Å². The highest BCUT2D eigenvalue weighted by Crippen LogP contribution is 2.11. The number of amides is 1. The zero-order valence-corrected chi connectivity index (χ0v) is 8.67. The van der Waals surface area contributed by atoms with Gasteiger partial charge in [0.2, 0.25) is 6.41 Å². The van der Waals surface area contributed by atoms with Gasteiger partial charge in [-0.15, -0.1) is 0 Å². The molecular weight excluding hydrogens is 196 g/mol. The summed E-state index contributed by atoms with van der Waals surface area (Å²) >= 11 is 1.71. The van der Waals surface area contributed by atoms with Crippen LogP contribution in [0.4, 0.5) is 0 Å². The van der Waals surface area contributed by atoms with Gasteiger partial charge in [-0.1, -0.05) is 30.3 Å². The Balaban J connectivity index is 2.18. The van der Waals surface area contributed by atoms with E-state index in [-0.39, 0.29) is 6.17 Å².